The summed E-state index contributed by atoms with van der Waals surface area (Å²) in [6, 6.07) is 0. The topological polar surface area (TPSA) is 127 Å². The van der Waals surface area contributed by atoms with Gasteiger partial charge < -0.3 is 19.7 Å². The lowest BCUT2D eigenvalue weighted by Crippen LogP contribution is -2.50. The third kappa shape index (κ3) is 10.0. The molecule has 0 aliphatic carbocycles. The normalized spacial score (nSPS) is 14.8. The minimum atomic E-state index is -1.04. The number of carboxylic acids is 2. The molecule has 0 heterocycles. The Balaban J connectivity index is 4.98. The summed E-state index contributed by atoms with van der Waals surface area (Å²) >= 11 is 0. The average molecular weight is 459 g/mol. The van der Waals surface area contributed by atoms with Crippen LogP contribution >= 0.6 is 0 Å². The molecular weight excluding hydrogens is 416 g/mol. The number of rotatable bonds is 19. The van der Waals surface area contributed by atoms with Gasteiger partial charge in [0, 0.05) is 12.8 Å². The minimum absolute atomic E-state index is 0.163. The molecule has 2 N–H and O–H groups in total. The number of carbonyl (C=O) groups is 4. The maximum Gasteiger partial charge on any atom is 0.312 e. The molecule has 0 aromatic rings. The largest absolute Gasteiger partial charge is 0.481 e. The standard InChI is InChI=1S/C24H42O8/c1-23(21(29)31-3,17-13-9-5-7-11-15-19(25)26)24(2,22(30)32-4)18-14-10-6-8-12-16-20(27)28/h5-18H2,1-4H3,(H,25,26)(H,27,28). The summed E-state index contributed by atoms with van der Waals surface area (Å²) < 4.78 is 10.2. The maximum atomic E-state index is 12.8. The SMILES string of the molecule is COC(=O)C(C)(CCCCCCCC(=O)O)C(C)(CCCCCCCC(=O)O)C(=O)OC. The van der Waals surface area contributed by atoms with Crippen LogP contribution in [0.5, 0.6) is 0 Å². The van der Waals surface area contributed by atoms with Crippen LogP contribution in [0.15, 0.2) is 0 Å². The third-order valence-electron chi connectivity index (χ3n) is 6.62. The molecule has 8 nitrogen and oxygen atoms in total. The van der Waals surface area contributed by atoms with Gasteiger partial charge in [0.15, 0.2) is 0 Å². The monoisotopic (exact) mass is 458 g/mol. The van der Waals surface area contributed by atoms with E-state index in [9.17, 15) is 19.2 Å². The molecule has 0 rings (SSSR count). The van der Waals surface area contributed by atoms with Crippen molar-refractivity contribution in [3.05, 3.63) is 0 Å². The zero-order valence-corrected chi connectivity index (χ0v) is 20.2. The number of carboxylic acid groups (broad SMARTS) is 2. The molecule has 0 bridgehead atoms. The molecular formula is C24H42O8. The van der Waals surface area contributed by atoms with Gasteiger partial charge >= 0.3 is 23.9 Å². The number of ether oxygens (including phenoxy) is 2. The summed E-state index contributed by atoms with van der Waals surface area (Å²) in [6.45, 7) is 3.54. The van der Waals surface area contributed by atoms with Crippen LogP contribution < -0.4 is 0 Å². The average Bonchev–Trinajstić information content (AvgIpc) is 2.75. The second-order valence-corrected chi connectivity index (χ2v) is 8.97. The van der Waals surface area contributed by atoms with E-state index in [0.717, 1.165) is 51.4 Å². The molecule has 0 fully saturated rings. The van der Waals surface area contributed by atoms with Crippen molar-refractivity contribution in [1.82, 2.24) is 0 Å². The predicted molar refractivity (Wildman–Crippen MR) is 120 cm³/mol. The first-order valence-electron chi connectivity index (χ1n) is 11.7. The van der Waals surface area contributed by atoms with E-state index in [0.29, 0.717) is 25.7 Å². The minimum Gasteiger partial charge on any atom is -0.481 e. The van der Waals surface area contributed by atoms with Crippen LogP contribution in [0.1, 0.15) is 104 Å². The van der Waals surface area contributed by atoms with Crippen molar-refractivity contribution in [1.29, 1.82) is 0 Å². The van der Waals surface area contributed by atoms with E-state index in [1.807, 2.05) is 0 Å². The van der Waals surface area contributed by atoms with Crippen molar-refractivity contribution in [2.75, 3.05) is 14.2 Å². The Labute approximate surface area is 192 Å². The van der Waals surface area contributed by atoms with Gasteiger partial charge in [0.2, 0.25) is 0 Å². The predicted octanol–water partition coefficient (Wildman–Crippen LogP) is 4.98. The Morgan fingerprint density at radius 1 is 0.562 bits per heavy atom. The van der Waals surface area contributed by atoms with Gasteiger partial charge in [-0.05, 0) is 39.5 Å². The van der Waals surface area contributed by atoms with Crippen LogP contribution in [0.25, 0.3) is 0 Å². The van der Waals surface area contributed by atoms with Crippen molar-refractivity contribution in [3.63, 3.8) is 0 Å². The highest BCUT2D eigenvalue weighted by Gasteiger charge is 2.55. The number of hydrogen-bond acceptors (Lipinski definition) is 6. The molecule has 2 unspecified atom stereocenters. The van der Waals surface area contributed by atoms with Crippen LogP contribution in [0.4, 0.5) is 0 Å². The molecule has 0 amide bonds. The molecule has 2 atom stereocenters. The van der Waals surface area contributed by atoms with Crippen LogP contribution in [0.3, 0.4) is 0 Å². The highest BCUT2D eigenvalue weighted by Crippen LogP contribution is 2.48. The fraction of sp³-hybridized carbons (Fsp3) is 0.833. The van der Waals surface area contributed by atoms with Crippen molar-refractivity contribution < 1.29 is 38.9 Å². The van der Waals surface area contributed by atoms with E-state index >= 15 is 0 Å². The Hall–Kier alpha value is -2.12. The van der Waals surface area contributed by atoms with E-state index in [1.165, 1.54) is 14.2 Å². The van der Waals surface area contributed by atoms with Crippen molar-refractivity contribution >= 4 is 23.9 Å². The van der Waals surface area contributed by atoms with Crippen LogP contribution in [0, 0.1) is 10.8 Å². The molecule has 8 heteroatoms. The summed E-state index contributed by atoms with van der Waals surface area (Å²) in [5, 5.41) is 17.4. The zero-order valence-electron chi connectivity index (χ0n) is 20.2. The van der Waals surface area contributed by atoms with Crippen molar-refractivity contribution in [2.24, 2.45) is 10.8 Å². The Bertz CT molecular complexity index is 551. The van der Waals surface area contributed by atoms with Gasteiger partial charge in [0.1, 0.15) is 0 Å². The lowest BCUT2D eigenvalue weighted by atomic mass is 9.60. The van der Waals surface area contributed by atoms with Gasteiger partial charge in [-0.1, -0.05) is 51.4 Å². The molecule has 186 valence electrons. The van der Waals surface area contributed by atoms with Gasteiger partial charge in [0.05, 0.1) is 25.0 Å². The van der Waals surface area contributed by atoms with Crippen LogP contribution in [0.2, 0.25) is 0 Å². The number of unbranched alkanes of at least 4 members (excludes halogenated alkanes) is 8. The van der Waals surface area contributed by atoms with Gasteiger partial charge in [0.25, 0.3) is 0 Å². The molecule has 0 saturated carbocycles. The second kappa shape index (κ2) is 15.6. The Morgan fingerprint density at radius 2 is 0.844 bits per heavy atom. The smallest absolute Gasteiger partial charge is 0.312 e. The number of methoxy groups -OCH3 is 2. The quantitative estimate of drug-likeness (QED) is 0.205. The van der Waals surface area contributed by atoms with Crippen LogP contribution in [-0.4, -0.2) is 48.3 Å². The maximum absolute atomic E-state index is 12.8. The second-order valence-electron chi connectivity index (χ2n) is 8.97. The van der Waals surface area contributed by atoms with Crippen molar-refractivity contribution in [2.45, 2.75) is 104 Å². The van der Waals surface area contributed by atoms with Gasteiger partial charge in [-0.15, -0.1) is 0 Å². The van der Waals surface area contributed by atoms with Gasteiger partial charge in [-0.2, -0.15) is 0 Å². The van der Waals surface area contributed by atoms with Crippen LogP contribution in [-0.2, 0) is 28.7 Å². The summed E-state index contributed by atoms with van der Waals surface area (Å²) in [5.41, 5.74) is -2.08. The lowest BCUT2D eigenvalue weighted by molar-refractivity contribution is -0.177. The Morgan fingerprint density at radius 3 is 1.12 bits per heavy atom. The van der Waals surface area contributed by atoms with E-state index in [1.54, 1.807) is 13.8 Å². The van der Waals surface area contributed by atoms with E-state index < -0.39 is 34.7 Å². The lowest BCUT2D eigenvalue weighted by Gasteiger charge is -2.42. The third-order valence-corrected chi connectivity index (χ3v) is 6.62. The summed E-state index contributed by atoms with van der Waals surface area (Å²) in [7, 11) is 2.65. The Kier molecular flexibility index (Phi) is 14.6. The van der Waals surface area contributed by atoms with E-state index in [2.05, 4.69) is 0 Å². The molecule has 32 heavy (non-hydrogen) atoms. The van der Waals surface area contributed by atoms with E-state index in [4.69, 9.17) is 19.7 Å². The zero-order chi connectivity index (χ0) is 24.6. The number of esters is 2. The number of carbonyl (C=O) groups excluding carboxylic acids is 2. The number of aliphatic carboxylic acids is 2. The fourth-order valence-electron chi connectivity index (χ4n) is 4.23. The first kappa shape index (κ1) is 29.9. The molecule has 0 spiro atoms. The molecule has 0 aromatic carbocycles. The molecule has 0 aliphatic heterocycles. The first-order chi connectivity index (χ1) is 15.0. The van der Waals surface area contributed by atoms with Crippen molar-refractivity contribution in [3.8, 4) is 0 Å². The summed E-state index contributed by atoms with van der Waals surface area (Å²) in [6.07, 6.45) is 9.05. The highest BCUT2D eigenvalue weighted by molar-refractivity contribution is 5.87. The molecule has 0 saturated heterocycles. The first-order valence-corrected chi connectivity index (χ1v) is 11.7. The van der Waals surface area contributed by atoms with Gasteiger partial charge in [-0.3, -0.25) is 19.2 Å². The van der Waals surface area contributed by atoms with Gasteiger partial charge in [-0.25, -0.2) is 0 Å². The van der Waals surface area contributed by atoms with E-state index in [-0.39, 0.29) is 12.8 Å². The number of hydrogen-bond donors (Lipinski definition) is 2. The summed E-state index contributed by atoms with van der Waals surface area (Å²) in [4.78, 5) is 46.9. The molecule has 0 aromatic heterocycles. The highest BCUT2D eigenvalue weighted by atomic mass is 16.5. The fourth-order valence-corrected chi connectivity index (χ4v) is 4.23. The molecule has 0 radical (unpaired) electrons. The summed E-state index contributed by atoms with van der Waals surface area (Å²) in [5.74, 6) is -2.45. The molecule has 0 aliphatic rings.